The SMILES string of the molecule is CSCc1ccc(C(=O)Nc2cc(C)ccc2O)cc1. The van der Waals surface area contributed by atoms with Crippen molar-refractivity contribution in [1.82, 2.24) is 0 Å². The summed E-state index contributed by atoms with van der Waals surface area (Å²) in [5.41, 5.74) is 3.18. The van der Waals surface area contributed by atoms with Crippen LogP contribution in [0.4, 0.5) is 5.69 Å². The zero-order chi connectivity index (χ0) is 14.5. The molecule has 4 heteroatoms. The highest BCUT2D eigenvalue weighted by molar-refractivity contribution is 7.97. The van der Waals surface area contributed by atoms with Crippen LogP contribution in [0.1, 0.15) is 21.5 Å². The summed E-state index contributed by atoms with van der Waals surface area (Å²) in [6.07, 6.45) is 2.04. The number of amides is 1. The summed E-state index contributed by atoms with van der Waals surface area (Å²) >= 11 is 1.74. The molecule has 104 valence electrons. The van der Waals surface area contributed by atoms with Crippen molar-refractivity contribution in [3.63, 3.8) is 0 Å². The highest BCUT2D eigenvalue weighted by atomic mass is 32.2. The van der Waals surface area contributed by atoms with E-state index in [-0.39, 0.29) is 11.7 Å². The van der Waals surface area contributed by atoms with Crippen molar-refractivity contribution >= 4 is 23.4 Å². The molecular weight excluding hydrogens is 270 g/mol. The molecule has 0 heterocycles. The molecule has 0 aliphatic rings. The lowest BCUT2D eigenvalue weighted by atomic mass is 10.1. The Labute approximate surface area is 123 Å². The average Bonchev–Trinajstić information content (AvgIpc) is 2.44. The summed E-state index contributed by atoms with van der Waals surface area (Å²) in [6.45, 7) is 1.91. The third-order valence-corrected chi connectivity index (χ3v) is 3.55. The quantitative estimate of drug-likeness (QED) is 0.841. The maximum Gasteiger partial charge on any atom is 0.255 e. The number of carbonyl (C=O) groups is 1. The fraction of sp³-hybridized carbons (Fsp3) is 0.188. The van der Waals surface area contributed by atoms with Crippen molar-refractivity contribution in [2.75, 3.05) is 11.6 Å². The van der Waals surface area contributed by atoms with E-state index in [1.165, 1.54) is 5.56 Å². The lowest BCUT2D eigenvalue weighted by Crippen LogP contribution is -2.12. The van der Waals surface area contributed by atoms with E-state index in [9.17, 15) is 9.90 Å². The lowest BCUT2D eigenvalue weighted by molar-refractivity contribution is 0.102. The van der Waals surface area contributed by atoms with Crippen LogP contribution >= 0.6 is 11.8 Å². The van der Waals surface area contributed by atoms with Crippen LogP contribution in [0.5, 0.6) is 5.75 Å². The number of thioether (sulfide) groups is 1. The van der Waals surface area contributed by atoms with Crippen molar-refractivity contribution < 1.29 is 9.90 Å². The number of aromatic hydroxyl groups is 1. The molecule has 0 radical (unpaired) electrons. The van der Waals surface area contributed by atoms with Crippen LogP contribution in [0.15, 0.2) is 42.5 Å². The first-order valence-corrected chi connectivity index (χ1v) is 7.68. The first-order chi connectivity index (χ1) is 9.60. The first-order valence-electron chi connectivity index (χ1n) is 6.29. The van der Waals surface area contributed by atoms with Gasteiger partial charge in [-0.3, -0.25) is 4.79 Å². The molecule has 0 aliphatic heterocycles. The highest BCUT2D eigenvalue weighted by Gasteiger charge is 2.09. The van der Waals surface area contributed by atoms with Crippen LogP contribution in [0.2, 0.25) is 0 Å². The summed E-state index contributed by atoms with van der Waals surface area (Å²) < 4.78 is 0. The van der Waals surface area contributed by atoms with E-state index in [2.05, 4.69) is 5.32 Å². The fourth-order valence-electron chi connectivity index (χ4n) is 1.86. The van der Waals surface area contributed by atoms with E-state index in [0.717, 1.165) is 11.3 Å². The molecule has 20 heavy (non-hydrogen) atoms. The summed E-state index contributed by atoms with van der Waals surface area (Å²) in [7, 11) is 0. The Bertz CT molecular complexity index is 608. The van der Waals surface area contributed by atoms with Crippen LogP contribution in [0.3, 0.4) is 0 Å². The number of hydrogen-bond acceptors (Lipinski definition) is 3. The van der Waals surface area contributed by atoms with E-state index in [1.807, 2.05) is 25.3 Å². The molecule has 0 spiro atoms. The van der Waals surface area contributed by atoms with Crippen molar-refractivity contribution in [2.24, 2.45) is 0 Å². The van der Waals surface area contributed by atoms with Gasteiger partial charge in [0.2, 0.25) is 0 Å². The second kappa shape index (κ2) is 6.48. The molecule has 0 atom stereocenters. The summed E-state index contributed by atoms with van der Waals surface area (Å²) in [5, 5.41) is 12.5. The Morgan fingerprint density at radius 3 is 2.55 bits per heavy atom. The van der Waals surface area contributed by atoms with Gasteiger partial charge in [0.1, 0.15) is 5.75 Å². The van der Waals surface area contributed by atoms with Gasteiger partial charge in [0.05, 0.1) is 5.69 Å². The fourth-order valence-corrected chi connectivity index (χ4v) is 2.39. The van der Waals surface area contributed by atoms with E-state index in [4.69, 9.17) is 0 Å². The zero-order valence-electron chi connectivity index (χ0n) is 11.5. The zero-order valence-corrected chi connectivity index (χ0v) is 12.3. The van der Waals surface area contributed by atoms with Gasteiger partial charge in [0, 0.05) is 11.3 Å². The third kappa shape index (κ3) is 3.54. The van der Waals surface area contributed by atoms with Crippen molar-refractivity contribution in [1.29, 1.82) is 0 Å². The number of rotatable bonds is 4. The Morgan fingerprint density at radius 1 is 1.20 bits per heavy atom. The molecule has 2 N–H and O–H groups in total. The minimum Gasteiger partial charge on any atom is -0.506 e. The predicted octanol–water partition coefficient (Wildman–Crippen LogP) is 3.82. The molecule has 0 unspecified atom stereocenters. The third-order valence-electron chi connectivity index (χ3n) is 2.93. The van der Waals surface area contributed by atoms with Gasteiger partial charge in [0.15, 0.2) is 0 Å². The maximum absolute atomic E-state index is 12.1. The van der Waals surface area contributed by atoms with Crippen LogP contribution < -0.4 is 5.32 Å². The topological polar surface area (TPSA) is 49.3 Å². The Kier molecular flexibility index (Phi) is 4.69. The van der Waals surface area contributed by atoms with Crippen LogP contribution in [0, 0.1) is 6.92 Å². The van der Waals surface area contributed by atoms with E-state index in [1.54, 1.807) is 42.1 Å². The van der Waals surface area contributed by atoms with E-state index < -0.39 is 0 Å². The average molecular weight is 287 g/mol. The molecular formula is C16H17NO2S. The molecule has 0 saturated carbocycles. The molecule has 0 fully saturated rings. The van der Waals surface area contributed by atoms with Crippen molar-refractivity contribution in [2.45, 2.75) is 12.7 Å². The number of phenolic OH excluding ortho intramolecular Hbond substituents is 1. The lowest BCUT2D eigenvalue weighted by Gasteiger charge is -2.08. The minimum atomic E-state index is -0.221. The summed E-state index contributed by atoms with van der Waals surface area (Å²) in [5.74, 6) is 0.783. The van der Waals surface area contributed by atoms with Gasteiger partial charge >= 0.3 is 0 Å². The molecule has 1 amide bonds. The molecule has 2 rings (SSSR count). The van der Waals surface area contributed by atoms with Crippen LogP contribution in [-0.2, 0) is 5.75 Å². The van der Waals surface area contributed by atoms with Gasteiger partial charge in [-0.05, 0) is 48.6 Å². The van der Waals surface area contributed by atoms with Gasteiger partial charge in [-0.25, -0.2) is 0 Å². The molecule has 0 saturated heterocycles. The highest BCUT2D eigenvalue weighted by Crippen LogP contribution is 2.24. The number of aryl methyl sites for hydroxylation is 1. The number of hydrogen-bond donors (Lipinski definition) is 2. The second-order valence-electron chi connectivity index (χ2n) is 4.60. The molecule has 2 aromatic carbocycles. The van der Waals surface area contributed by atoms with Gasteiger partial charge in [-0.15, -0.1) is 0 Å². The number of anilines is 1. The Balaban J connectivity index is 2.13. The van der Waals surface area contributed by atoms with Crippen LogP contribution in [-0.4, -0.2) is 17.3 Å². The van der Waals surface area contributed by atoms with E-state index >= 15 is 0 Å². The Morgan fingerprint density at radius 2 is 1.90 bits per heavy atom. The number of phenols is 1. The van der Waals surface area contributed by atoms with Crippen molar-refractivity contribution in [3.05, 3.63) is 59.2 Å². The number of carbonyl (C=O) groups excluding carboxylic acids is 1. The largest absolute Gasteiger partial charge is 0.506 e. The Hall–Kier alpha value is -1.94. The number of benzene rings is 2. The molecule has 0 aliphatic carbocycles. The van der Waals surface area contributed by atoms with Gasteiger partial charge in [-0.2, -0.15) is 11.8 Å². The summed E-state index contributed by atoms with van der Waals surface area (Å²) in [4.78, 5) is 12.1. The normalized spacial score (nSPS) is 10.3. The maximum atomic E-state index is 12.1. The monoisotopic (exact) mass is 287 g/mol. The van der Waals surface area contributed by atoms with Gasteiger partial charge in [-0.1, -0.05) is 18.2 Å². The molecule has 2 aromatic rings. The minimum absolute atomic E-state index is 0.0722. The standard InChI is InChI=1S/C16H17NO2S/c1-11-3-8-15(18)14(9-11)17-16(19)13-6-4-12(5-7-13)10-20-2/h3-9,18H,10H2,1-2H3,(H,17,19). The van der Waals surface area contributed by atoms with Gasteiger partial charge < -0.3 is 10.4 Å². The van der Waals surface area contributed by atoms with Crippen molar-refractivity contribution in [3.8, 4) is 5.75 Å². The predicted molar refractivity (Wildman–Crippen MR) is 84.5 cm³/mol. The molecule has 0 bridgehead atoms. The number of nitrogens with one attached hydrogen (secondary N) is 1. The summed E-state index contributed by atoms with van der Waals surface area (Å²) in [6, 6.07) is 12.6. The van der Waals surface area contributed by atoms with Gasteiger partial charge in [0.25, 0.3) is 5.91 Å². The van der Waals surface area contributed by atoms with Crippen LogP contribution in [0.25, 0.3) is 0 Å². The molecule has 0 aromatic heterocycles. The molecule has 3 nitrogen and oxygen atoms in total. The first kappa shape index (κ1) is 14.5. The smallest absolute Gasteiger partial charge is 0.255 e. The second-order valence-corrected chi connectivity index (χ2v) is 5.47. The van der Waals surface area contributed by atoms with E-state index in [0.29, 0.717) is 11.3 Å².